The fraction of sp³-hybridized carbons (Fsp3) is 0.0370. The zero-order chi connectivity index (χ0) is 26.1. The number of hydrogen-bond donors (Lipinski definition) is 3. The number of nitrogens with zero attached hydrogens (tertiary/aromatic N) is 6. The van der Waals surface area contributed by atoms with E-state index in [2.05, 4.69) is 30.7 Å². The number of aromatic nitrogens is 4. The van der Waals surface area contributed by atoms with E-state index in [4.69, 9.17) is 0 Å². The average Bonchev–Trinajstić information content (AvgIpc) is 3.59. The number of nitrogens with one attached hydrogen (secondary N) is 1. The molecule has 0 aliphatic carbocycles. The second kappa shape index (κ2) is 9.81. The third-order valence-corrected chi connectivity index (χ3v) is 6.93. The highest BCUT2D eigenvalue weighted by Gasteiger charge is 2.19. The first-order chi connectivity index (χ1) is 18.6. The lowest BCUT2D eigenvalue weighted by Gasteiger charge is -2.11. The minimum atomic E-state index is -0.515. The summed E-state index contributed by atoms with van der Waals surface area (Å²) < 4.78 is 2.62. The fourth-order valence-corrected chi connectivity index (χ4v) is 4.91. The average molecular weight is 522 g/mol. The molecule has 2 heterocycles. The molecule has 11 heteroatoms. The Kier molecular flexibility index (Phi) is 6.04. The summed E-state index contributed by atoms with van der Waals surface area (Å²) >= 11 is 1.46. The van der Waals surface area contributed by atoms with Crippen LogP contribution in [0.15, 0.2) is 95.4 Å². The first-order valence-electron chi connectivity index (χ1n) is 11.5. The van der Waals surface area contributed by atoms with Crippen LogP contribution in [0.4, 0.5) is 17.3 Å². The molecule has 0 radical (unpaired) electrons. The number of benzene rings is 4. The quantitative estimate of drug-likeness (QED) is 0.234. The maximum Gasteiger partial charge on any atom is 0.276 e. The number of rotatable bonds is 6. The SMILES string of the molecule is O=C(Nc1ccc(CO)cc1)c1cc2ccccc2c(/N=N/c2nncn2-c2nc3ccccc3s2)c1O. The molecule has 0 bridgehead atoms. The van der Waals surface area contributed by atoms with Crippen LogP contribution in [0, 0.1) is 0 Å². The second-order valence-corrected chi connectivity index (χ2v) is 9.33. The smallest absolute Gasteiger partial charge is 0.276 e. The highest BCUT2D eigenvalue weighted by Crippen LogP contribution is 2.39. The van der Waals surface area contributed by atoms with Crippen molar-refractivity contribution in [2.45, 2.75) is 6.61 Å². The molecule has 0 saturated carbocycles. The first kappa shape index (κ1) is 23.4. The van der Waals surface area contributed by atoms with E-state index in [0.717, 1.165) is 15.8 Å². The molecule has 0 spiro atoms. The van der Waals surface area contributed by atoms with E-state index < -0.39 is 5.91 Å². The molecule has 10 nitrogen and oxygen atoms in total. The van der Waals surface area contributed by atoms with Crippen LogP contribution in [0.1, 0.15) is 15.9 Å². The van der Waals surface area contributed by atoms with Crippen LogP contribution in [0.2, 0.25) is 0 Å². The summed E-state index contributed by atoms with van der Waals surface area (Å²) in [4.78, 5) is 17.7. The minimum absolute atomic E-state index is 0.0384. The number of aliphatic hydroxyl groups is 1. The van der Waals surface area contributed by atoms with Crippen LogP contribution in [0.3, 0.4) is 0 Å². The number of carbonyl (C=O) groups is 1. The van der Waals surface area contributed by atoms with Crippen molar-refractivity contribution in [1.82, 2.24) is 19.7 Å². The number of azo groups is 1. The summed E-state index contributed by atoms with van der Waals surface area (Å²) in [5, 5.41) is 41.7. The molecule has 0 aliphatic heterocycles. The van der Waals surface area contributed by atoms with Crippen LogP contribution >= 0.6 is 11.3 Å². The number of carbonyl (C=O) groups excluding carboxylic acids is 1. The van der Waals surface area contributed by atoms with Crippen LogP contribution in [-0.4, -0.2) is 35.9 Å². The van der Waals surface area contributed by atoms with E-state index in [-0.39, 0.29) is 29.6 Å². The summed E-state index contributed by atoms with van der Waals surface area (Å²) in [7, 11) is 0. The summed E-state index contributed by atoms with van der Waals surface area (Å²) in [6, 6.07) is 23.4. The maximum absolute atomic E-state index is 13.1. The molecular weight excluding hydrogens is 502 g/mol. The third-order valence-electron chi connectivity index (χ3n) is 5.89. The molecule has 0 unspecified atom stereocenters. The van der Waals surface area contributed by atoms with Crippen molar-refractivity contribution in [3.63, 3.8) is 0 Å². The molecular formula is C27H19N7O3S. The van der Waals surface area contributed by atoms with Gasteiger partial charge in [-0.3, -0.25) is 4.79 Å². The Hall–Kier alpha value is -5.00. The number of aliphatic hydroxyl groups excluding tert-OH is 1. The summed E-state index contributed by atoms with van der Waals surface area (Å²) in [5.74, 6) is -0.659. The molecule has 6 aromatic rings. The van der Waals surface area contributed by atoms with Gasteiger partial charge in [-0.1, -0.05) is 59.9 Å². The monoisotopic (exact) mass is 521 g/mol. The Labute approximate surface area is 219 Å². The van der Waals surface area contributed by atoms with Gasteiger partial charge in [-0.05, 0) is 41.3 Å². The van der Waals surface area contributed by atoms with Gasteiger partial charge in [0.2, 0.25) is 0 Å². The number of thiazole rings is 1. The van der Waals surface area contributed by atoms with Gasteiger partial charge in [-0.15, -0.1) is 20.4 Å². The van der Waals surface area contributed by atoms with Gasteiger partial charge in [0.1, 0.15) is 12.0 Å². The zero-order valence-electron chi connectivity index (χ0n) is 19.7. The van der Waals surface area contributed by atoms with Crippen molar-refractivity contribution in [3.05, 3.63) is 96.3 Å². The van der Waals surface area contributed by atoms with Gasteiger partial charge in [0.25, 0.3) is 11.9 Å². The number of anilines is 1. The van der Waals surface area contributed by atoms with Crippen molar-refractivity contribution in [2.75, 3.05) is 5.32 Å². The number of fused-ring (bicyclic) bond motifs is 2. The van der Waals surface area contributed by atoms with E-state index in [0.29, 0.717) is 21.6 Å². The first-order valence-corrected chi connectivity index (χ1v) is 12.4. The lowest BCUT2D eigenvalue weighted by atomic mass is 10.0. The molecule has 186 valence electrons. The van der Waals surface area contributed by atoms with E-state index in [1.54, 1.807) is 41.0 Å². The minimum Gasteiger partial charge on any atom is -0.505 e. The Morgan fingerprint density at radius 2 is 1.79 bits per heavy atom. The number of phenols is 1. The van der Waals surface area contributed by atoms with Gasteiger partial charge < -0.3 is 15.5 Å². The number of phenolic OH excluding ortho intramolecular Hbond substituents is 1. The molecule has 6 rings (SSSR count). The molecule has 1 amide bonds. The maximum atomic E-state index is 13.1. The molecule has 2 aromatic heterocycles. The molecule has 4 aromatic carbocycles. The van der Waals surface area contributed by atoms with Gasteiger partial charge in [-0.2, -0.15) is 0 Å². The summed E-state index contributed by atoms with van der Waals surface area (Å²) in [6.45, 7) is -0.0964. The normalized spacial score (nSPS) is 11.5. The standard InChI is InChI=1S/C27H19N7O3S/c35-14-16-9-11-18(12-10-16)29-25(37)20-13-17-5-1-2-6-19(17)23(24(20)36)31-33-26-32-28-15-34(26)27-30-21-7-3-4-8-22(21)38-27/h1-13,15,35-36H,14H2,(H,29,37)/b33-31+. The predicted molar refractivity (Wildman–Crippen MR) is 145 cm³/mol. The number of para-hydroxylation sites is 1. The Balaban J connectivity index is 1.37. The highest BCUT2D eigenvalue weighted by atomic mass is 32.1. The molecule has 0 saturated heterocycles. The molecule has 0 aliphatic rings. The third kappa shape index (κ3) is 4.36. The molecule has 0 fully saturated rings. The van der Waals surface area contributed by atoms with E-state index in [1.807, 2.05) is 42.5 Å². The van der Waals surface area contributed by atoms with Crippen molar-refractivity contribution in [3.8, 4) is 10.9 Å². The largest absolute Gasteiger partial charge is 0.505 e. The topological polar surface area (TPSA) is 138 Å². The van der Waals surface area contributed by atoms with Gasteiger partial charge in [0, 0.05) is 11.1 Å². The van der Waals surface area contributed by atoms with E-state index in [9.17, 15) is 15.0 Å². The predicted octanol–water partition coefficient (Wildman–Crippen LogP) is 5.90. The highest BCUT2D eigenvalue weighted by molar-refractivity contribution is 7.20. The molecule has 0 atom stereocenters. The number of aromatic hydroxyl groups is 1. The van der Waals surface area contributed by atoms with Crippen molar-refractivity contribution >= 4 is 55.6 Å². The molecule has 38 heavy (non-hydrogen) atoms. The van der Waals surface area contributed by atoms with Gasteiger partial charge in [0.15, 0.2) is 10.9 Å². The lowest BCUT2D eigenvalue weighted by Crippen LogP contribution is -2.12. The summed E-state index contributed by atoms with van der Waals surface area (Å²) in [5.41, 5.74) is 2.25. The van der Waals surface area contributed by atoms with Crippen LogP contribution in [0.25, 0.3) is 26.1 Å². The van der Waals surface area contributed by atoms with Crippen LogP contribution < -0.4 is 5.32 Å². The Morgan fingerprint density at radius 3 is 2.61 bits per heavy atom. The number of amides is 1. The Bertz CT molecular complexity index is 1790. The van der Waals surface area contributed by atoms with Crippen molar-refractivity contribution in [2.24, 2.45) is 10.2 Å². The van der Waals surface area contributed by atoms with E-state index >= 15 is 0 Å². The fourth-order valence-electron chi connectivity index (χ4n) is 3.97. The van der Waals surface area contributed by atoms with Crippen LogP contribution in [0.5, 0.6) is 5.75 Å². The number of hydrogen-bond acceptors (Lipinski definition) is 9. The Morgan fingerprint density at radius 1 is 1.00 bits per heavy atom. The van der Waals surface area contributed by atoms with Crippen molar-refractivity contribution in [1.29, 1.82) is 0 Å². The second-order valence-electron chi connectivity index (χ2n) is 8.32. The zero-order valence-corrected chi connectivity index (χ0v) is 20.5. The lowest BCUT2D eigenvalue weighted by molar-refractivity contribution is 0.102. The van der Waals surface area contributed by atoms with Gasteiger partial charge >= 0.3 is 0 Å². The molecule has 3 N–H and O–H groups in total. The van der Waals surface area contributed by atoms with Crippen molar-refractivity contribution < 1.29 is 15.0 Å². The van der Waals surface area contributed by atoms with E-state index in [1.165, 1.54) is 17.7 Å². The van der Waals surface area contributed by atoms with Gasteiger partial charge in [-0.25, -0.2) is 9.55 Å². The van der Waals surface area contributed by atoms with Crippen LogP contribution in [-0.2, 0) is 6.61 Å². The summed E-state index contributed by atoms with van der Waals surface area (Å²) in [6.07, 6.45) is 1.50. The van der Waals surface area contributed by atoms with Gasteiger partial charge in [0.05, 0.1) is 22.4 Å².